The Morgan fingerprint density at radius 2 is 1.73 bits per heavy atom. The minimum Gasteiger partial charge on any atom is -0.507 e. The Labute approximate surface area is 151 Å². The van der Waals surface area contributed by atoms with Crippen molar-refractivity contribution in [3.05, 3.63) is 65.8 Å². The lowest BCUT2D eigenvalue weighted by atomic mass is 9.96. The molecule has 0 aliphatic carbocycles. The van der Waals surface area contributed by atoms with Crippen molar-refractivity contribution in [2.45, 2.75) is 12.5 Å². The van der Waals surface area contributed by atoms with Gasteiger partial charge in [0.05, 0.1) is 11.6 Å². The van der Waals surface area contributed by atoms with Crippen LogP contribution in [-0.4, -0.2) is 51.9 Å². The number of ketones is 1. The number of Topliss-reactive ketones (excluding diaryl/α,β-unsaturated/α-hetero) is 1. The minimum atomic E-state index is -0.696. The van der Waals surface area contributed by atoms with Crippen LogP contribution < -0.4 is 0 Å². The van der Waals surface area contributed by atoms with E-state index in [2.05, 4.69) is 9.97 Å². The predicted octanol–water partition coefficient (Wildman–Crippen LogP) is 1.93. The summed E-state index contributed by atoms with van der Waals surface area (Å²) < 4.78 is 5.05. The van der Waals surface area contributed by atoms with Crippen molar-refractivity contribution in [3.8, 4) is 0 Å². The van der Waals surface area contributed by atoms with E-state index in [1.807, 2.05) is 0 Å². The third kappa shape index (κ3) is 3.34. The number of methoxy groups -OCH3 is 1. The largest absolute Gasteiger partial charge is 0.507 e. The smallest absolute Gasteiger partial charge is 0.295 e. The van der Waals surface area contributed by atoms with Crippen LogP contribution in [0.5, 0.6) is 0 Å². The van der Waals surface area contributed by atoms with Crippen molar-refractivity contribution in [2.24, 2.45) is 0 Å². The monoisotopic (exact) mass is 353 g/mol. The summed E-state index contributed by atoms with van der Waals surface area (Å²) in [6.45, 7) is 0.814. The van der Waals surface area contributed by atoms with Crippen LogP contribution in [0.1, 0.15) is 23.6 Å². The fourth-order valence-corrected chi connectivity index (χ4v) is 3.05. The summed E-state index contributed by atoms with van der Waals surface area (Å²) in [6.07, 6.45) is 6.81. The predicted molar refractivity (Wildman–Crippen MR) is 94.0 cm³/mol. The van der Waals surface area contributed by atoms with Gasteiger partial charge in [0.2, 0.25) is 0 Å². The fourth-order valence-electron chi connectivity index (χ4n) is 3.05. The number of hydrogen-bond acceptors (Lipinski definition) is 6. The number of carbonyl (C=O) groups is 2. The average molecular weight is 353 g/mol. The first-order valence-corrected chi connectivity index (χ1v) is 8.22. The van der Waals surface area contributed by atoms with E-state index in [9.17, 15) is 14.7 Å². The third-order valence-electron chi connectivity index (χ3n) is 4.26. The van der Waals surface area contributed by atoms with Crippen LogP contribution in [0, 0.1) is 0 Å². The summed E-state index contributed by atoms with van der Waals surface area (Å²) >= 11 is 0. The molecular formula is C19H19N3O4. The first-order valence-electron chi connectivity index (χ1n) is 8.22. The standard InChI is InChI=1S/C19H19N3O4/c1-26-12-2-11-22-16(13-3-7-20-8-4-13)15(18(24)19(22)25)17(23)14-5-9-21-10-6-14/h3-10,16,23H,2,11-12H2,1H3/b17-15-. The van der Waals surface area contributed by atoms with E-state index >= 15 is 0 Å². The lowest BCUT2D eigenvalue weighted by molar-refractivity contribution is -0.140. The van der Waals surface area contributed by atoms with Crippen LogP contribution in [0.15, 0.2) is 54.6 Å². The zero-order valence-corrected chi connectivity index (χ0v) is 14.3. The molecule has 7 heteroatoms. The highest BCUT2D eigenvalue weighted by atomic mass is 16.5. The molecule has 1 unspecified atom stereocenters. The molecule has 2 aromatic heterocycles. The summed E-state index contributed by atoms with van der Waals surface area (Å²) in [5.74, 6) is -1.53. The Morgan fingerprint density at radius 1 is 1.12 bits per heavy atom. The second-order valence-electron chi connectivity index (χ2n) is 5.86. The van der Waals surface area contributed by atoms with Crippen molar-refractivity contribution in [1.82, 2.24) is 14.9 Å². The maximum absolute atomic E-state index is 12.7. The Kier molecular flexibility index (Phi) is 5.38. The van der Waals surface area contributed by atoms with E-state index in [4.69, 9.17) is 4.74 Å². The van der Waals surface area contributed by atoms with Gasteiger partial charge in [0, 0.05) is 50.6 Å². The van der Waals surface area contributed by atoms with E-state index in [0.29, 0.717) is 30.7 Å². The fraction of sp³-hybridized carbons (Fsp3) is 0.263. The van der Waals surface area contributed by atoms with E-state index in [1.54, 1.807) is 43.8 Å². The van der Waals surface area contributed by atoms with Gasteiger partial charge < -0.3 is 14.7 Å². The maximum Gasteiger partial charge on any atom is 0.295 e. The summed E-state index contributed by atoms with van der Waals surface area (Å²) in [7, 11) is 1.58. The SMILES string of the molecule is COCCCN1C(=O)C(=O)/C(=C(\O)c2ccncc2)C1c1ccncc1. The van der Waals surface area contributed by atoms with Crippen LogP contribution in [0.4, 0.5) is 0 Å². The van der Waals surface area contributed by atoms with Crippen LogP contribution in [-0.2, 0) is 14.3 Å². The minimum absolute atomic E-state index is 0.0739. The van der Waals surface area contributed by atoms with Crippen LogP contribution in [0.2, 0.25) is 0 Å². The van der Waals surface area contributed by atoms with Gasteiger partial charge in [0.15, 0.2) is 0 Å². The van der Waals surface area contributed by atoms with E-state index in [-0.39, 0.29) is 11.3 Å². The molecule has 1 atom stereocenters. The maximum atomic E-state index is 12.7. The second kappa shape index (κ2) is 7.88. The third-order valence-corrected chi connectivity index (χ3v) is 4.26. The number of hydrogen-bond donors (Lipinski definition) is 1. The summed E-state index contributed by atoms with van der Waals surface area (Å²) in [6, 6.07) is 6.00. The topological polar surface area (TPSA) is 92.6 Å². The summed E-state index contributed by atoms with van der Waals surface area (Å²) in [5, 5.41) is 10.7. The molecule has 134 valence electrons. The Balaban J connectivity index is 2.09. The number of amides is 1. The van der Waals surface area contributed by atoms with E-state index in [0.717, 1.165) is 0 Å². The van der Waals surface area contributed by atoms with Gasteiger partial charge >= 0.3 is 0 Å². The molecule has 1 fully saturated rings. The van der Waals surface area contributed by atoms with Crippen LogP contribution >= 0.6 is 0 Å². The highest BCUT2D eigenvalue weighted by Gasteiger charge is 2.45. The van der Waals surface area contributed by atoms with Gasteiger partial charge in [-0.05, 0) is 36.2 Å². The van der Waals surface area contributed by atoms with E-state index in [1.165, 1.54) is 17.3 Å². The highest BCUT2D eigenvalue weighted by molar-refractivity contribution is 6.46. The number of aliphatic hydroxyl groups is 1. The van der Waals surface area contributed by atoms with Crippen molar-refractivity contribution >= 4 is 17.4 Å². The molecule has 7 nitrogen and oxygen atoms in total. The number of carbonyl (C=O) groups excluding carboxylic acids is 2. The van der Waals surface area contributed by atoms with Gasteiger partial charge in [-0.1, -0.05) is 0 Å². The van der Waals surface area contributed by atoms with Gasteiger partial charge in [-0.25, -0.2) is 0 Å². The molecule has 0 radical (unpaired) electrons. The van der Waals surface area contributed by atoms with Gasteiger partial charge in [-0.2, -0.15) is 0 Å². The Morgan fingerprint density at radius 3 is 2.35 bits per heavy atom. The molecule has 0 aromatic carbocycles. The number of likely N-dealkylation sites (tertiary alicyclic amines) is 1. The zero-order valence-electron chi connectivity index (χ0n) is 14.3. The molecule has 1 N–H and O–H groups in total. The van der Waals surface area contributed by atoms with Crippen molar-refractivity contribution in [3.63, 3.8) is 0 Å². The van der Waals surface area contributed by atoms with Gasteiger partial charge in [-0.15, -0.1) is 0 Å². The molecule has 0 spiro atoms. The van der Waals surface area contributed by atoms with Gasteiger partial charge in [-0.3, -0.25) is 19.6 Å². The lowest BCUT2D eigenvalue weighted by Crippen LogP contribution is -2.31. The average Bonchev–Trinajstić information content (AvgIpc) is 2.94. The van der Waals surface area contributed by atoms with Crippen LogP contribution in [0.25, 0.3) is 5.76 Å². The molecular weight excluding hydrogens is 334 g/mol. The first-order chi connectivity index (χ1) is 12.6. The number of ether oxygens (including phenoxy) is 1. The summed E-state index contributed by atoms with van der Waals surface area (Å²) in [4.78, 5) is 34.6. The molecule has 1 amide bonds. The van der Waals surface area contributed by atoms with Gasteiger partial charge in [0.25, 0.3) is 11.7 Å². The normalized spacial score (nSPS) is 19.1. The second-order valence-corrected chi connectivity index (χ2v) is 5.86. The molecule has 1 saturated heterocycles. The lowest BCUT2D eigenvalue weighted by Gasteiger charge is -2.25. The van der Waals surface area contributed by atoms with Crippen LogP contribution in [0.3, 0.4) is 0 Å². The molecule has 3 heterocycles. The molecule has 0 saturated carbocycles. The number of aliphatic hydroxyl groups excluding tert-OH is 1. The van der Waals surface area contributed by atoms with Crippen molar-refractivity contribution in [2.75, 3.05) is 20.3 Å². The Hall–Kier alpha value is -3.06. The number of rotatable bonds is 6. The van der Waals surface area contributed by atoms with E-state index < -0.39 is 17.7 Å². The first kappa shape index (κ1) is 17.8. The molecule has 1 aliphatic heterocycles. The molecule has 1 aliphatic rings. The number of aromatic nitrogens is 2. The molecule has 3 rings (SSSR count). The molecule has 2 aromatic rings. The number of nitrogens with zero attached hydrogens (tertiary/aromatic N) is 3. The zero-order chi connectivity index (χ0) is 18.5. The number of pyridine rings is 2. The van der Waals surface area contributed by atoms with Crippen molar-refractivity contribution in [1.29, 1.82) is 0 Å². The molecule has 26 heavy (non-hydrogen) atoms. The Bertz CT molecular complexity index is 821. The van der Waals surface area contributed by atoms with Crippen molar-refractivity contribution < 1.29 is 19.4 Å². The summed E-state index contributed by atoms with van der Waals surface area (Å²) in [5.41, 5.74) is 1.23. The highest BCUT2D eigenvalue weighted by Crippen LogP contribution is 2.39. The van der Waals surface area contributed by atoms with Gasteiger partial charge in [0.1, 0.15) is 5.76 Å². The quantitative estimate of drug-likeness (QED) is 0.369. The molecule has 0 bridgehead atoms.